The highest BCUT2D eigenvalue weighted by molar-refractivity contribution is 7.99. The van der Waals surface area contributed by atoms with Crippen molar-refractivity contribution in [2.24, 2.45) is 0 Å². The Balaban J connectivity index is 2.29. The highest BCUT2D eigenvalue weighted by Crippen LogP contribution is 2.16. The molecule has 0 atom stereocenters. The van der Waals surface area contributed by atoms with Crippen LogP contribution < -0.4 is 0 Å². The second-order valence-corrected chi connectivity index (χ2v) is 4.28. The van der Waals surface area contributed by atoms with Crippen LogP contribution in [0, 0.1) is 0 Å². The van der Waals surface area contributed by atoms with Crippen molar-refractivity contribution >= 4 is 23.4 Å². The SMILES string of the molecule is CCCSc1nc(Cl)nc(-n2cncn2)n1. The molecule has 0 radical (unpaired) electrons. The molecular weight excluding hydrogens is 248 g/mol. The van der Waals surface area contributed by atoms with Crippen molar-refractivity contribution in [1.82, 2.24) is 29.7 Å². The topological polar surface area (TPSA) is 69.4 Å². The first-order valence-electron chi connectivity index (χ1n) is 4.69. The maximum absolute atomic E-state index is 5.81. The van der Waals surface area contributed by atoms with Crippen LogP contribution in [0.1, 0.15) is 13.3 Å². The van der Waals surface area contributed by atoms with E-state index in [0.29, 0.717) is 11.1 Å². The Morgan fingerprint density at radius 3 is 2.94 bits per heavy atom. The highest BCUT2D eigenvalue weighted by atomic mass is 35.5. The minimum atomic E-state index is 0.166. The zero-order valence-electron chi connectivity index (χ0n) is 8.54. The number of hydrogen-bond acceptors (Lipinski definition) is 6. The Morgan fingerprint density at radius 2 is 2.25 bits per heavy atom. The molecule has 0 aliphatic rings. The summed E-state index contributed by atoms with van der Waals surface area (Å²) in [7, 11) is 0. The Morgan fingerprint density at radius 1 is 1.38 bits per heavy atom. The van der Waals surface area contributed by atoms with Gasteiger partial charge in [0, 0.05) is 5.75 Å². The zero-order valence-corrected chi connectivity index (χ0v) is 10.1. The first kappa shape index (κ1) is 11.3. The number of rotatable bonds is 4. The maximum atomic E-state index is 5.81. The van der Waals surface area contributed by atoms with Gasteiger partial charge in [-0.25, -0.2) is 4.98 Å². The summed E-state index contributed by atoms with van der Waals surface area (Å²) >= 11 is 7.35. The molecule has 84 valence electrons. The predicted molar refractivity (Wildman–Crippen MR) is 60.8 cm³/mol. The molecule has 0 amide bonds. The fourth-order valence-electron chi connectivity index (χ4n) is 0.994. The molecule has 2 aromatic heterocycles. The Hall–Kier alpha value is -1.21. The van der Waals surface area contributed by atoms with Gasteiger partial charge >= 0.3 is 0 Å². The molecule has 0 unspecified atom stereocenters. The Bertz CT molecular complexity index is 460. The number of nitrogens with zero attached hydrogens (tertiary/aromatic N) is 6. The van der Waals surface area contributed by atoms with Crippen molar-refractivity contribution in [3.8, 4) is 5.95 Å². The fraction of sp³-hybridized carbons (Fsp3) is 0.375. The van der Waals surface area contributed by atoms with Crippen molar-refractivity contribution in [2.75, 3.05) is 5.75 Å². The van der Waals surface area contributed by atoms with Crippen molar-refractivity contribution < 1.29 is 0 Å². The normalized spacial score (nSPS) is 10.6. The van der Waals surface area contributed by atoms with Crippen LogP contribution >= 0.6 is 23.4 Å². The molecule has 0 bridgehead atoms. The summed E-state index contributed by atoms with van der Waals surface area (Å²) in [6.45, 7) is 2.09. The number of hydrogen-bond donors (Lipinski definition) is 0. The quantitative estimate of drug-likeness (QED) is 0.774. The van der Waals surface area contributed by atoms with E-state index in [1.165, 1.54) is 29.1 Å². The van der Waals surface area contributed by atoms with Gasteiger partial charge in [0.1, 0.15) is 12.7 Å². The second kappa shape index (κ2) is 5.22. The van der Waals surface area contributed by atoms with Gasteiger partial charge in [0.25, 0.3) is 5.95 Å². The lowest BCUT2D eigenvalue weighted by atomic mass is 10.6. The smallest absolute Gasteiger partial charge is 0.223 e. The molecule has 0 fully saturated rings. The standard InChI is InChI=1S/C8H9ClN6S/c1-2-3-16-8-13-6(9)12-7(14-8)15-5-10-4-11-15/h4-5H,2-3H2,1H3. The molecule has 8 heteroatoms. The lowest BCUT2D eigenvalue weighted by Crippen LogP contribution is -2.04. The lowest BCUT2D eigenvalue weighted by molar-refractivity contribution is 0.757. The molecule has 0 saturated heterocycles. The average molecular weight is 257 g/mol. The van der Waals surface area contributed by atoms with E-state index in [1.807, 2.05) is 0 Å². The summed E-state index contributed by atoms with van der Waals surface area (Å²) in [4.78, 5) is 16.1. The van der Waals surface area contributed by atoms with Crippen molar-refractivity contribution in [3.05, 3.63) is 17.9 Å². The molecule has 2 heterocycles. The van der Waals surface area contributed by atoms with Gasteiger partial charge in [0.2, 0.25) is 5.28 Å². The van der Waals surface area contributed by atoms with E-state index >= 15 is 0 Å². The van der Waals surface area contributed by atoms with Crippen molar-refractivity contribution in [1.29, 1.82) is 0 Å². The van der Waals surface area contributed by atoms with Crippen LogP contribution in [0.5, 0.6) is 0 Å². The van der Waals surface area contributed by atoms with Crippen LogP contribution in [0.2, 0.25) is 5.28 Å². The van der Waals surface area contributed by atoms with Crippen LogP contribution in [-0.4, -0.2) is 35.5 Å². The molecule has 0 aliphatic carbocycles. The van der Waals surface area contributed by atoms with E-state index in [-0.39, 0.29) is 5.28 Å². The molecule has 16 heavy (non-hydrogen) atoms. The van der Waals surface area contributed by atoms with Gasteiger partial charge < -0.3 is 0 Å². The summed E-state index contributed by atoms with van der Waals surface area (Å²) in [6, 6.07) is 0. The summed E-state index contributed by atoms with van der Waals surface area (Å²) in [5, 5.41) is 4.70. The molecule has 6 nitrogen and oxygen atoms in total. The molecular formula is C8H9ClN6S. The van der Waals surface area contributed by atoms with Crippen LogP contribution in [0.3, 0.4) is 0 Å². The summed E-state index contributed by atoms with van der Waals surface area (Å²) < 4.78 is 1.45. The molecule has 0 aliphatic heterocycles. The Kier molecular flexibility index (Phi) is 3.68. The predicted octanol–water partition coefficient (Wildman–Crippen LogP) is 1.61. The van der Waals surface area contributed by atoms with Gasteiger partial charge in [-0.1, -0.05) is 18.7 Å². The van der Waals surface area contributed by atoms with E-state index in [2.05, 4.69) is 32.0 Å². The summed E-state index contributed by atoms with van der Waals surface area (Å²) in [5.41, 5.74) is 0. The second-order valence-electron chi connectivity index (χ2n) is 2.88. The summed E-state index contributed by atoms with van der Waals surface area (Å²) in [5.74, 6) is 1.33. The van der Waals surface area contributed by atoms with Gasteiger partial charge in [-0.3, -0.25) is 0 Å². The fourth-order valence-corrected chi connectivity index (χ4v) is 1.88. The van der Waals surface area contributed by atoms with E-state index in [4.69, 9.17) is 11.6 Å². The summed E-state index contributed by atoms with van der Waals surface area (Å²) in [6.07, 6.45) is 3.98. The third-order valence-electron chi connectivity index (χ3n) is 1.63. The van der Waals surface area contributed by atoms with Gasteiger partial charge in [-0.15, -0.1) is 0 Å². The van der Waals surface area contributed by atoms with Crippen LogP contribution in [-0.2, 0) is 0 Å². The van der Waals surface area contributed by atoms with E-state index in [0.717, 1.165) is 12.2 Å². The first-order valence-corrected chi connectivity index (χ1v) is 6.05. The molecule has 2 rings (SSSR count). The van der Waals surface area contributed by atoms with Crippen molar-refractivity contribution in [2.45, 2.75) is 18.5 Å². The first-order chi connectivity index (χ1) is 7.79. The molecule has 0 N–H and O–H groups in total. The van der Waals surface area contributed by atoms with Crippen LogP contribution in [0.15, 0.2) is 17.8 Å². The molecule has 2 aromatic rings. The third-order valence-corrected chi connectivity index (χ3v) is 2.86. The highest BCUT2D eigenvalue weighted by Gasteiger charge is 2.07. The third kappa shape index (κ3) is 2.67. The minimum absolute atomic E-state index is 0.166. The van der Waals surface area contributed by atoms with Crippen LogP contribution in [0.4, 0.5) is 0 Å². The number of halogens is 1. The minimum Gasteiger partial charge on any atom is -0.223 e. The average Bonchev–Trinajstić information content (AvgIpc) is 2.79. The van der Waals surface area contributed by atoms with Crippen LogP contribution in [0.25, 0.3) is 5.95 Å². The number of thioether (sulfide) groups is 1. The van der Waals surface area contributed by atoms with E-state index in [9.17, 15) is 0 Å². The molecule has 0 aromatic carbocycles. The largest absolute Gasteiger partial charge is 0.257 e. The van der Waals surface area contributed by atoms with Gasteiger partial charge in [-0.2, -0.15) is 24.7 Å². The van der Waals surface area contributed by atoms with E-state index < -0.39 is 0 Å². The lowest BCUT2D eigenvalue weighted by Gasteiger charge is -2.02. The van der Waals surface area contributed by atoms with Gasteiger partial charge in [-0.05, 0) is 18.0 Å². The monoisotopic (exact) mass is 256 g/mol. The Labute approximate surface area is 101 Å². The van der Waals surface area contributed by atoms with Gasteiger partial charge in [0.15, 0.2) is 5.16 Å². The number of aromatic nitrogens is 6. The van der Waals surface area contributed by atoms with E-state index in [1.54, 1.807) is 0 Å². The molecule has 0 saturated carbocycles. The van der Waals surface area contributed by atoms with Gasteiger partial charge in [0.05, 0.1) is 0 Å². The zero-order chi connectivity index (χ0) is 11.4. The van der Waals surface area contributed by atoms with Crippen molar-refractivity contribution in [3.63, 3.8) is 0 Å². The molecule has 0 spiro atoms. The maximum Gasteiger partial charge on any atom is 0.257 e.